The van der Waals surface area contributed by atoms with E-state index in [1.165, 1.54) is 0 Å². The molecule has 1 aliphatic carbocycles. The molecule has 0 unspecified atom stereocenters. The van der Waals surface area contributed by atoms with Crippen LogP contribution >= 0.6 is 0 Å². The topological polar surface area (TPSA) is 56.8 Å². The van der Waals surface area contributed by atoms with Crippen molar-refractivity contribution < 1.29 is 19.1 Å². The summed E-state index contributed by atoms with van der Waals surface area (Å²) in [5, 5.41) is 0. The quantitative estimate of drug-likeness (QED) is 0.558. The minimum absolute atomic E-state index is 0.0455. The van der Waals surface area contributed by atoms with E-state index in [0.29, 0.717) is 0 Å². The molecule has 88 valence electrons. The van der Waals surface area contributed by atoms with Gasteiger partial charge in [0, 0.05) is 34.1 Å². The molecule has 0 saturated heterocycles. The van der Waals surface area contributed by atoms with Crippen LogP contribution in [0.25, 0.3) is 0 Å². The van der Waals surface area contributed by atoms with Gasteiger partial charge in [0.2, 0.25) is 0 Å². The average molecular weight is 217 g/mol. The first-order valence-corrected chi connectivity index (χ1v) is 5.15. The third-order valence-corrected chi connectivity index (χ3v) is 3.03. The summed E-state index contributed by atoms with van der Waals surface area (Å²) in [5.74, 6) is -0.745. The summed E-state index contributed by atoms with van der Waals surface area (Å²) in [6, 6.07) is 0. The normalized spacial score (nSPS) is 21.3. The molecular weight excluding hydrogens is 198 g/mol. The number of rotatable bonds is 4. The zero-order valence-corrected chi connectivity index (χ0v) is 9.54. The predicted octanol–water partition coefficient (Wildman–Crippen LogP) is 0.843. The first kappa shape index (κ1) is 12.4. The molecule has 15 heavy (non-hydrogen) atoms. The minimum Gasteiger partial charge on any atom is -0.371 e. The molecule has 5 nitrogen and oxygen atoms in total. The van der Waals surface area contributed by atoms with Crippen molar-refractivity contribution in [3.05, 3.63) is 0 Å². The van der Waals surface area contributed by atoms with Crippen LogP contribution < -0.4 is 5.48 Å². The highest BCUT2D eigenvalue weighted by Gasteiger charge is 2.38. The summed E-state index contributed by atoms with van der Waals surface area (Å²) < 4.78 is 10.7. The largest absolute Gasteiger partial charge is 0.371 e. The first-order chi connectivity index (χ1) is 7.17. The van der Waals surface area contributed by atoms with Crippen molar-refractivity contribution in [2.24, 2.45) is 5.92 Å². The average Bonchev–Trinajstić information content (AvgIpc) is 2.29. The van der Waals surface area contributed by atoms with Crippen molar-refractivity contribution in [3.63, 3.8) is 0 Å². The lowest BCUT2D eigenvalue weighted by Gasteiger charge is -2.36. The van der Waals surface area contributed by atoms with Gasteiger partial charge in [0.15, 0.2) is 5.79 Å². The van der Waals surface area contributed by atoms with Gasteiger partial charge in [-0.15, -0.1) is 0 Å². The van der Waals surface area contributed by atoms with Crippen LogP contribution in [0.4, 0.5) is 0 Å². The van der Waals surface area contributed by atoms with E-state index < -0.39 is 5.79 Å². The Labute approximate surface area is 90.0 Å². The molecule has 0 amide bonds. The maximum atomic E-state index is 11.4. The summed E-state index contributed by atoms with van der Waals surface area (Å²) in [4.78, 5) is 16.2. The van der Waals surface area contributed by atoms with Gasteiger partial charge in [-0.3, -0.25) is 4.79 Å². The maximum absolute atomic E-state index is 11.4. The van der Waals surface area contributed by atoms with Gasteiger partial charge in [-0.1, -0.05) is 0 Å². The Kier molecular flexibility index (Phi) is 4.50. The van der Waals surface area contributed by atoms with Gasteiger partial charge in [-0.2, -0.15) is 5.48 Å². The summed E-state index contributed by atoms with van der Waals surface area (Å²) in [7, 11) is 4.85. The highest BCUT2D eigenvalue weighted by molar-refractivity contribution is 5.72. The van der Waals surface area contributed by atoms with Gasteiger partial charge < -0.3 is 14.3 Å². The van der Waals surface area contributed by atoms with Gasteiger partial charge in [-0.25, -0.2) is 0 Å². The molecule has 0 aromatic heterocycles. The molecule has 0 aromatic carbocycles. The first-order valence-electron chi connectivity index (χ1n) is 5.15. The van der Waals surface area contributed by atoms with Gasteiger partial charge in [0.25, 0.3) is 0 Å². The second kappa shape index (κ2) is 5.44. The van der Waals surface area contributed by atoms with Crippen LogP contribution in [0, 0.1) is 5.92 Å². The molecule has 0 heterocycles. The Balaban J connectivity index is 2.44. The highest BCUT2D eigenvalue weighted by Crippen LogP contribution is 2.35. The van der Waals surface area contributed by atoms with Gasteiger partial charge in [0.05, 0.1) is 5.92 Å². The molecule has 1 aliphatic rings. The third-order valence-electron chi connectivity index (χ3n) is 3.03. The molecule has 0 atom stereocenters. The molecule has 5 heteroatoms. The highest BCUT2D eigenvalue weighted by atomic mass is 16.7. The SMILES string of the molecule is CNOC(=O)C1CCC(OC)(OC)CC1. The summed E-state index contributed by atoms with van der Waals surface area (Å²) in [6.45, 7) is 0. The fourth-order valence-corrected chi connectivity index (χ4v) is 1.97. The lowest BCUT2D eigenvalue weighted by atomic mass is 9.85. The second-order valence-electron chi connectivity index (χ2n) is 3.72. The van der Waals surface area contributed by atoms with Crippen LogP contribution in [0.1, 0.15) is 25.7 Å². The number of carbonyl (C=O) groups is 1. The Morgan fingerprint density at radius 1 is 1.27 bits per heavy atom. The van der Waals surface area contributed by atoms with Crippen molar-refractivity contribution in [1.82, 2.24) is 5.48 Å². The molecule has 0 bridgehead atoms. The third kappa shape index (κ3) is 2.90. The van der Waals surface area contributed by atoms with E-state index in [-0.39, 0.29) is 11.9 Å². The van der Waals surface area contributed by atoms with E-state index in [2.05, 4.69) is 5.48 Å². The Bertz CT molecular complexity index is 205. The van der Waals surface area contributed by atoms with Crippen LogP contribution in [0.15, 0.2) is 0 Å². The monoisotopic (exact) mass is 217 g/mol. The molecule has 1 rings (SSSR count). The number of carbonyl (C=O) groups excluding carboxylic acids is 1. The zero-order valence-electron chi connectivity index (χ0n) is 9.54. The van der Waals surface area contributed by atoms with Crippen molar-refractivity contribution in [2.45, 2.75) is 31.5 Å². The van der Waals surface area contributed by atoms with Crippen molar-refractivity contribution in [2.75, 3.05) is 21.3 Å². The Morgan fingerprint density at radius 2 is 1.80 bits per heavy atom. The molecular formula is C10H19NO4. The molecule has 0 radical (unpaired) electrons. The Morgan fingerprint density at radius 3 is 2.20 bits per heavy atom. The lowest BCUT2D eigenvalue weighted by molar-refractivity contribution is -0.229. The number of hydrogen-bond acceptors (Lipinski definition) is 5. The Hall–Kier alpha value is -0.650. The van der Waals surface area contributed by atoms with Crippen LogP contribution in [-0.2, 0) is 19.1 Å². The molecule has 1 N–H and O–H groups in total. The van der Waals surface area contributed by atoms with Crippen molar-refractivity contribution in [3.8, 4) is 0 Å². The van der Waals surface area contributed by atoms with Crippen LogP contribution in [-0.4, -0.2) is 33.0 Å². The fourth-order valence-electron chi connectivity index (χ4n) is 1.97. The number of hydrogen-bond donors (Lipinski definition) is 1. The van der Waals surface area contributed by atoms with Crippen LogP contribution in [0.3, 0.4) is 0 Å². The zero-order chi connectivity index (χ0) is 11.3. The van der Waals surface area contributed by atoms with Crippen LogP contribution in [0.5, 0.6) is 0 Å². The van der Waals surface area contributed by atoms with Gasteiger partial charge in [-0.05, 0) is 12.8 Å². The number of methoxy groups -OCH3 is 2. The maximum Gasteiger partial charge on any atom is 0.327 e. The van der Waals surface area contributed by atoms with E-state index >= 15 is 0 Å². The molecule has 0 aliphatic heterocycles. The van der Waals surface area contributed by atoms with E-state index in [9.17, 15) is 4.79 Å². The molecule has 0 spiro atoms. The standard InChI is InChI=1S/C10H19NO4/c1-11-15-9(12)8-4-6-10(13-2,14-3)7-5-8/h8,11H,4-7H2,1-3H3. The van der Waals surface area contributed by atoms with Crippen molar-refractivity contribution >= 4 is 5.97 Å². The summed E-state index contributed by atoms with van der Waals surface area (Å²) in [5.41, 5.74) is 2.40. The minimum atomic E-state index is -0.504. The lowest BCUT2D eigenvalue weighted by Crippen LogP contribution is -2.40. The van der Waals surface area contributed by atoms with Gasteiger partial charge >= 0.3 is 5.97 Å². The summed E-state index contributed by atoms with van der Waals surface area (Å²) in [6.07, 6.45) is 2.93. The second-order valence-corrected chi connectivity index (χ2v) is 3.72. The van der Waals surface area contributed by atoms with Gasteiger partial charge in [0.1, 0.15) is 0 Å². The number of hydroxylamine groups is 1. The smallest absolute Gasteiger partial charge is 0.327 e. The molecule has 1 fully saturated rings. The van der Waals surface area contributed by atoms with Crippen LogP contribution in [0.2, 0.25) is 0 Å². The van der Waals surface area contributed by atoms with E-state index in [1.807, 2.05) is 0 Å². The van der Waals surface area contributed by atoms with Crippen molar-refractivity contribution in [1.29, 1.82) is 0 Å². The molecule has 1 saturated carbocycles. The predicted molar refractivity (Wildman–Crippen MR) is 53.9 cm³/mol. The fraction of sp³-hybridized carbons (Fsp3) is 0.900. The number of nitrogens with one attached hydrogen (secondary N) is 1. The van der Waals surface area contributed by atoms with E-state index in [1.54, 1.807) is 21.3 Å². The number of ether oxygens (including phenoxy) is 2. The van der Waals surface area contributed by atoms with E-state index in [0.717, 1.165) is 25.7 Å². The van der Waals surface area contributed by atoms with E-state index in [4.69, 9.17) is 14.3 Å². The molecule has 0 aromatic rings. The summed E-state index contributed by atoms with van der Waals surface area (Å²) >= 11 is 0.